The topological polar surface area (TPSA) is 86.5 Å². The maximum Gasteiger partial charge on any atom is 0.271 e. The molecule has 0 unspecified atom stereocenters. The molecular weight excluding hydrogens is 350 g/mol. The molecule has 3 rings (SSSR count). The summed E-state index contributed by atoms with van der Waals surface area (Å²) in [5.74, 6) is 1.30. The number of nitrogens with one attached hydrogen (secondary N) is 1. The Hall–Kier alpha value is -1.83. The summed E-state index contributed by atoms with van der Waals surface area (Å²) in [4.78, 5) is 16.4. The minimum atomic E-state index is -0.184. The average molecular weight is 370 g/mol. The number of ether oxygens (including phenoxy) is 2. The van der Waals surface area contributed by atoms with Crippen molar-refractivity contribution in [3.63, 3.8) is 0 Å². The van der Waals surface area contributed by atoms with Crippen molar-refractivity contribution in [1.82, 2.24) is 10.3 Å². The van der Waals surface area contributed by atoms with E-state index in [4.69, 9.17) is 15.2 Å². The van der Waals surface area contributed by atoms with Crippen molar-refractivity contribution < 1.29 is 14.3 Å². The zero-order chi connectivity index (χ0) is 16.1. The lowest BCUT2D eigenvalue weighted by molar-refractivity contribution is 0.0946. The molecule has 1 amide bonds. The second kappa shape index (κ2) is 8.86. The number of thiazole rings is 1. The summed E-state index contributed by atoms with van der Waals surface area (Å²) < 4.78 is 11.2. The molecule has 0 radical (unpaired) electrons. The average Bonchev–Trinajstić information content (AvgIpc) is 2.90. The Labute approximate surface area is 150 Å². The minimum Gasteiger partial charge on any atom is -0.490 e. The normalized spacial score (nSPS) is 12.9. The van der Waals surface area contributed by atoms with Crippen molar-refractivity contribution in [1.29, 1.82) is 0 Å². The molecule has 24 heavy (non-hydrogen) atoms. The number of nitrogens with two attached hydrogens (primary N) is 1. The molecule has 130 valence electrons. The van der Waals surface area contributed by atoms with Crippen LogP contribution in [0.1, 0.15) is 27.5 Å². The highest BCUT2D eigenvalue weighted by atomic mass is 35.5. The van der Waals surface area contributed by atoms with Crippen molar-refractivity contribution in [2.24, 2.45) is 5.73 Å². The SMILES string of the molecule is Cl.NCCc1nc(C(=O)NCc2ccc3c(c2)OCCCO3)cs1. The zero-order valence-electron chi connectivity index (χ0n) is 13.1. The van der Waals surface area contributed by atoms with Crippen molar-refractivity contribution in [2.75, 3.05) is 19.8 Å². The van der Waals surface area contributed by atoms with E-state index >= 15 is 0 Å². The standard InChI is InChI=1S/C16H19N3O3S.ClH/c17-5-4-15-19-12(10-23-15)16(20)18-9-11-2-3-13-14(8-11)22-7-1-6-21-13;/h2-3,8,10H,1,4-7,9,17H2,(H,18,20);1H. The monoisotopic (exact) mass is 369 g/mol. The molecule has 1 aliphatic heterocycles. The molecule has 6 nitrogen and oxygen atoms in total. The lowest BCUT2D eigenvalue weighted by atomic mass is 10.2. The Balaban J connectivity index is 0.00000208. The quantitative estimate of drug-likeness (QED) is 0.843. The van der Waals surface area contributed by atoms with Gasteiger partial charge in [0.2, 0.25) is 0 Å². The molecule has 0 spiro atoms. The molecule has 1 aliphatic rings. The summed E-state index contributed by atoms with van der Waals surface area (Å²) in [7, 11) is 0. The maximum absolute atomic E-state index is 12.1. The number of rotatable bonds is 5. The molecule has 0 aliphatic carbocycles. The van der Waals surface area contributed by atoms with Crippen molar-refractivity contribution in [3.05, 3.63) is 39.8 Å². The van der Waals surface area contributed by atoms with Gasteiger partial charge < -0.3 is 20.5 Å². The van der Waals surface area contributed by atoms with Gasteiger partial charge in [0.25, 0.3) is 5.91 Å². The van der Waals surface area contributed by atoms with Gasteiger partial charge in [0, 0.05) is 24.8 Å². The van der Waals surface area contributed by atoms with Gasteiger partial charge in [0.05, 0.1) is 18.2 Å². The number of halogens is 1. The third-order valence-corrected chi connectivity index (χ3v) is 4.32. The number of aromatic nitrogens is 1. The molecule has 2 aromatic rings. The number of benzene rings is 1. The summed E-state index contributed by atoms with van der Waals surface area (Å²) in [6.45, 7) is 2.26. The zero-order valence-corrected chi connectivity index (χ0v) is 14.8. The fourth-order valence-electron chi connectivity index (χ4n) is 2.24. The first-order valence-electron chi connectivity index (χ1n) is 7.57. The molecule has 0 saturated carbocycles. The van der Waals surface area contributed by atoms with Crippen LogP contribution in [0.2, 0.25) is 0 Å². The molecule has 8 heteroatoms. The maximum atomic E-state index is 12.1. The van der Waals surface area contributed by atoms with Crippen molar-refractivity contribution >= 4 is 29.7 Å². The van der Waals surface area contributed by atoms with Crippen LogP contribution in [0.4, 0.5) is 0 Å². The first kappa shape index (κ1) is 18.5. The summed E-state index contributed by atoms with van der Waals surface area (Å²) >= 11 is 1.46. The number of carbonyl (C=O) groups is 1. The number of carbonyl (C=O) groups excluding carboxylic acids is 1. The van der Waals surface area contributed by atoms with Crippen LogP contribution in [0, 0.1) is 0 Å². The van der Waals surface area contributed by atoms with Gasteiger partial charge in [-0.1, -0.05) is 6.07 Å². The molecule has 3 N–H and O–H groups in total. The number of hydrogen-bond acceptors (Lipinski definition) is 6. The van der Waals surface area contributed by atoms with E-state index in [1.165, 1.54) is 11.3 Å². The Morgan fingerprint density at radius 2 is 2.08 bits per heavy atom. The first-order valence-corrected chi connectivity index (χ1v) is 8.45. The van der Waals surface area contributed by atoms with E-state index in [2.05, 4.69) is 10.3 Å². The second-order valence-electron chi connectivity index (χ2n) is 5.18. The smallest absolute Gasteiger partial charge is 0.271 e. The van der Waals surface area contributed by atoms with Crippen LogP contribution in [-0.4, -0.2) is 30.6 Å². The second-order valence-corrected chi connectivity index (χ2v) is 6.12. The molecule has 0 atom stereocenters. The van der Waals surface area contributed by atoms with Gasteiger partial charge >= 0.3 is 0 Å². The van der Waals surface area contributed by atoms with Crippen molar-refractivity contribution in [3.8, 4) is 11.5 Å². The van der Waals surface area contributed by atoms with Gasteiger partial charge in [-0.05, 0) is 24.2 Å². The van der Waals surface area contributed by atoms with Gasteiger partial charge in [-0.3, -0.25) is 4.79 Å². The number of amides is 1. The van der Waals surface area contributed by atoms with Gasteiger partial charge in [-0.15, -0.1) is 23.7 Å². The minimum absolute atomic E-state index is 0. The number of hydrogen-bond donors (Lipinski definition) is 2. The molecule has 0 saturated heterocycles. The van der Waals surface area contributed by atoms with Gasteiger partial charge in [-0.25, -0.2) is 4.98 Å². The van der Waals surface area contributed by atoms with Crippen molar-refractivity contribution in [2.45, 2.75) is 19.4 Å². The molecule has 1 aromatic carbocycles. The number of nitrogens with zero attached hydrogens (tertiary/aromatic N) is 1. The van der Waals surface area contributed by atoms with Crippen LogP contribution in [0.3, 0.4) is 0 Å². The van der Waals surface area contributed by atoms with Gasteiger partial charge in [-0.2, -0.15) is 0 Å². The van der Waals surface area contributed by atoms with E-state index in [-0.39, 0.29) is 18.3 Å². The summed E-state index contributed by atoms with van der Waals surface area (Å²) in [6.07, 6.45) is 1.57. The fraction of sp³-hybridized carbons (Fsp3) is 0.375. The van der Waals surface area contributed by atoms with E-state index < -0.39 is 0 Å². The summed E-state index contributed by atoms with van der Waals surface area (Å²) in [6, 6.07) is 5.71. The highest BCUT2D eigenvalue weighted by Gasteiger charge is 2.13. The highest BCUT2D eigenvalue weighted by molar-refractivity contribution is 7.09. The summed E-state index contributed by atoms with van der Waals surface area (Å²) in [5.41, 5.74) is 6.89. The van der Waals surface area contributed by atoms with E-state index in [9.17, 15) is 4.79 Å². The highest BCUT2D eigenvalue weighted by Crippen LogP contribution is 2.30. The van der Waals surface area contributed by atoms with E-state index in [1.54, 1.807) is 5.38 Å². The Morgan fingerprint density at radius 3 is 2.88 bits per heavy atom. The van der Waals surface area contributed by atoms with Crippen LogP contribution in [0.15, 0.2) is 23.6 Å². The van der Waals surface area contributed by atoms with Crippen LogP contribution in [-0.2, 0) is 13.0 Å². The number of fused-ring (bicyclic) bond motifs is 1. The molecule has 1 aromatic heterocycles. The molecule has 0 bridgehead atoms. The molecule has 0 fully saturated rings. The fourth-order valence-corrected chi connectivity index (χ4v) is 3.04. The predicted molar refractivity (Wildman–Crippen MR) is 95.3 cm³/mol. The lowest BCUT2D eigenvalue weighted by Gasteiger charge is -2.09. The third kappa shape index (κ3) is 4.59. The van der Waals surface area contributed by atoms with Crippen LogP contribution < -0.4 is 20.5 Å². The Kier molecular flexibility index (Phi) is 6.84. The van der Waals surface area contributed by atoms with Crippen LogP contribution >= 0.6 is 23.7 Å². The van der Waals surface area contributed by atoms with Gasteiger partial charge in [0.15, 0.2) is 11.5 Å². The Bertz CT molecular complexity index is 693. The van der Waals surface area contributed by atoms with Gasteiger partial charge in [0.1, 0.15) is 5.69 Å². The van der Waals surface area contributed by atoms with E-state index in [0.717, 1.165) is 28.5 Å². The first-order chi connectivity index (χ1) is 11.3. The summed E-state index contributed by atoms with van der Waals surface area (Å²) in [5, 5.41) is 5.51. The third-order valence-electron chi connectivity index (χ3n) is 3.41. The molecule has 2 heterocycles. The Morgan fingerprint density at radius 1 is 1.29 bits per heavy atom. The van der Waals surface area contributed by atoms with E-state index in [0.29, 0.717) is 38.4 Å². The van der Waals surface area contributed by atoms with Crippen LogP contribution in [0.25, 0.3) is 0 Å². The lowest BCUT2D eigenvalue weighted by Crippen LogP contribution is -2.23. The van der Waals surface area contributed by atoms with E-state index in [1.807, 2.05) is 18.2 Å². The molecular formula is C16H20ClN3O3S. The predicted octanol–water partition coefficient (Wildman–Crippen LogP) is 2.16. The van der Waals surface area contributed by atoms with Crippen LogP contribution in [0.5, 0.6) is 11.5 Å². The largest absolute Gasteiger partial charge is 0.490 e.